The van der Waals surface area contributed by atoms with Crippen LogP contribution in [-0.4, -0.2) is 25.4 Å². The van der Waals surface area contributed by atoms with E-state index >= 15 is 0 Å². The molecule has 26 heavy (non-hydrogen) atoms. The third kappa shape index (κ3) is 7.15. The van der Waals surface area contributed by atoms with Crippen molar-refractivity contribution in [1.29, 1.82) is 0 Å². The fourth-order valence-corrected chi connectivity index (χ4v) is 4.79. The van der Waals surface area contributed by atoms with Crippen LogP contribution >= 0.6 is 0 Å². The summed E-state index contributed by atoms with van der Waals surface area (Å²) in [4.78, 5) is 0. The Kier molecular flexibility index (Phi) is 8.94. The highest BCUT2D eigenvalue weighted by atomic mass is 16.5. The third-order valence-electron chi connectivity index (χ3n) is 7.15. The van der Waals surface area contributed by atoms with Gasteiger partial charge in [-0.3, -0.25) is 0 Å². The quantitative estimate of drug-likeness (QED) is 0.420. The fraction of sp³-hybridized carbons (Fsp3) is 1.00. The largest absolute Gasteiger partial charge is 0.378 e. The average molecular weight is 367 g/mol. The molecule has 0 N–H and O–H groups in total. The van der Waals surface area contributed by atoms with E-state index in [0.29, 0.717) is 29.5 Å². The van der Waals surface area contributed by atoms with Crippen molar-refractivity contribution < 1.29 is 9.47 Å². The first kappa shape index (κ1) is 22.2. The van der Waals surface area contributed by atoms with Gasteiger partial charge in [-0.2, -0.15) is 0 Å². The van der Waals surface area contributed by atoms with Gasteiger partial charge >= 0.3 is 0 Å². The van der Waals surface area contributed by atoms with Gasteiger partial charge in [0.2, 0.25) is 0 Å². The van der Waals surface area contributed by atoms with Crippen LogP contribution in [0.2, 0.25) is 0 Å². The van der Waals surface area contributed by atoms with Gasteiger partial charge in [-0.15, -0.1) is 0 Å². The zero-order valence-electron chi connectivity index (χ0n) is 18.6. The van der Waals surface area contributed by atoms with E-state index in [9.17, 15) is 0 Å². The topological polar surface area (TPSA) is 18.5 Å². The van der Waals surface area contributed by atoms with E-state index in [4.69, 9.17) is 9.47 Å². The molecule has 0 bridgehead atoms. The maximum absolute atomic E-state index is 6.47. The minimum absolute atomic E-state index is 0.369. The van der Waals surface area contributed by atoms with Crippen molar-refractivity contribution in [2.75, 3.05) is 13.2 Å². The summed E-state index contributed by atoms with van der Waals surface area (Å²) < 4.78 is 12.7. The Morgan fingerprint density at radius 2 is 1.54 bits per heavy atom. The first-order valence-electron chi connectivity index (χ1n) is 11.5. The molecule has 0 radical (unpaired) electrons. The van der Waals surface area contributed by atoms with Crippen LogP contribution in [0, 0.1) is 29.1 Å². The molecule has 0 amide bonds. The lowest BCUT2D eigenvalue weighted by molar-refractivity contribution is -0.0253. The van der Waals surface area contributed by atoms with E-state index in [1.165, 1.54) is 57.8 Å². The van der Waals surface area contributed by atoms with Gasteiger partial charge < -0.3 is 9.47 Å². The van der Waals surface area contributed by atoms with Crippen LogP contribution in [0.4, 0.5) is 0 Å². The Morgan fingerprint density at radius 3 is 2.15 bits per heavy atom. The van der Waals surface area contributed by atoms with Crippen LogP contribution in [0.1, 0.15) is 99.3 Å². The van der Waals surface area contributed by atoms with E-state index in [0.717, 1.165) is 25.0 Å². The van der Waals surface area contributed by atoms with E-state index in [2.05, 4.69) is 41.5 Å². The van der Waals surface area contributed by atoms with Gasteiger partial charge in [-0.25, -0.2) is 0 Å². The van der Waals surface area contributed by atoms with Crippen LogP contribution in [0.25, 0.3) is 0 Å². The minimum Gasteiger partial charge on any atom is -0.378 e. The Balaban J connectivity index is 1.76. The predicted molar refractivity (Wildman–Crippen MR) is 111 cm³/mol. The van der Waals surface area contributed by atoms with Crippen molar-refractivity contribution in [2.45, 2.75) is 112 Å². The first-order chi connectivity index (χ1) is 12.3. The molecule has 2 rings (SSSR count). The summed E-state index contributed by atoms with van der Waals surface area (Å²) in [5.41, 5.74) is 0.374. The molecule has 2 aliphatic carbocycles. The molecule has 2 saturated carbocycles. The third-order valence-corrected chi connectivity index (χ3v) is 7.15. The van der Waals surface area contributed by atoms with Gasteiger partial charge in [0.1, 0.15) is 0 Å². The van der Waals surface area contributed by atoms with Crippen molar-refractivity contribution >= 4 is 0 Å². The Bertz CT molecular complexity index is 386. The standard InChI is InChI=1S/C24H46O2/c1-18(2)20(5)26-17-24(6)13-12-22(15-24)14-23(19(3)4)25-16-21-10-8-7-9-11-21/h18-23H,7-17H2,1-6H3/t20-,22?,23?,24?/m1/s1. The van der Waals surface area contributed by atoms with Crippen molar-refractivity contribution in [2.24, 2.45) is 29.1 Å². The minimum atomic E-state index is 0.369. The van der Waals surface area contributed by atoms with Crippen molar-refractivity contribution in [1.82, 2.24) is 0 Å². The molecule has 2 nitrogen and oxygen atoms in total. The summed E-state index contributed by atoms with van der Waals surface area (Å²) in [6.07, 6.45) is 13.1. The van der Waals surface area contributed by atoms with Crippen molar-refractivity contribution in [3.63, 3.8) is 0 Å². The highest BCUT2D eigenvalue weighted by Gasteiger charge is 2.37. The molecular formula is C24H46O2. The van der Waals surface area contributed by atoms with Crippen LogP contribution in [-0.2, 0) is 9.47 Å². The normalized spacial score (nSPS) is 30.2. The molecule has 0 aromatic rings. The fourth-order valence-electron chi connectivity index (χ4n) is 4.79. The molecule has 2 aliphatic rings. The number of hydrogen-bond donors (Lipinski definition) is 0. The van der Waals surface area contributed by atoms with E-state index in [1.54, 1.807) is 0 Å². The van der Waals surface area contributed by atoms with Crippen molar-refractivity contribution in [3.05, 3.63) is 0 Å². The second-order valence-corrected chi connectivity index (χ2v) is 10.5. The summed E-state index contributed by atoms with van der Waals surface area (Å²) in [6, 6.07) is 0. The molecule has 0 aromatic heterocycles. The van der Waals surface area contributed by atoms with Gasteiger partial charge in [0, 0.05) is 6.61 Å². The SMILES string of the molecule is CC(C)C(CC1CCC(C)(CO[C@H](C)C(C)C)C1)OCC1CCCCC1. The molecule has 154 valence electrons. The summed E-state index contributed by atoms with van der Waals surface area (Å²) in [5, 5.41) is 0. The lowest BCUT2D eigenvalue weighted by Crippen LogP contribution is -2.28. The monoisotopic (exact) mass is 366 g/mol. The summed E-state index contributed by atoms with van der Waals surface area (Å²) in [6.45, 7) is 15.8. The van der Waals surface area contributed by atoms with E-state index in [1.807, 2.05) is 0 Å². The maximum Gasteiger partial charge on any atom is 0.0600 e. The summed E-state index contributed by atoms with van der Waals surface area (Å²) in [5.74, 6) is 2.87. The number of hydrogen-bond acceptors (Lipinski definition) is 2. The second-order valence-electron chi connectivity index (χ2n) is 10.5. The van der Waals surface area contributed by atoms with Gasteiger partial charge in [-0.05, 0) is 74.5 Å². The molecule has 0 aliphatic heterocycles. The van der Waals surface area contributed by atoms with E-state index < -0.39 is 0 Å². The van der Waals surface area contributed by atoms with Crippen molar-refractivity contribution in [3.8, 4) is 0 Å². The Morgan fingerprint density at radius 1 is 0.846 bits per heavy atom. The van der Waals surface area contributed by atoms with Gasteiger partial charge in [-0.1, -0.05) is 53.9 Å². The molecule has 0 saturated heterocycles. The molecule has 3 unspecified atom stereocenters. The predicted octanol–water partition coefficient (Wildman–Crippen LogP) is 6.87. The average Bonchev–Trinajstić information content (AvgIpc) is 2.98. The van der Waals surface area contributed by atoms with Crippen LogP contribution in [0.5, 0.6) is 0 Å². The molecule has 0 spiro atoms. The Hall–Kier alpha value is -0.0800. The lowest BCUT2D eigenvalue weighted by atomic mass is 9.86. The molecule has 0 aromatic carbocycles. The maximum atomic E-state index is 6.47. The molecular weight excluding hydrogens is 320 g/mol. The second kappa shape index (κ2) is 10.5. The smallest absolute Gasteiger partial charge is 0.0600 e. The molecule has 2 fully saturated rings. The highest BCUT2D eigenvalue weighted by molar-refractivity contribution is 4.87. The molecule has 0 heterocycles. The van der Waals surface area contributed by atoms with Gasteiger partial charge in [0.25, 0.3) is 0 Å². The number of rotatable bonds is 10. The zero-order chi connectivity index (χ0) is 19.2. The number of ether oxygens (including phenoxy) is 2. The van der Waals surface area contributed by atoms with Gasteiger partial charge in [0.15, 0.2) is 0 Å². The van der Waals surface area contributed by atoms with E-state index in [-0.39, 0.29) is 0 Å². The Labute approximate surface area is 163 Å². The highest BCUT2D eigenvalue weighted by Crippen LogP contribution is 2.44. The van der Waals surface area contributed by atoms with Crippen LogP contribution in [0.15, 0.2) is 0 Å². The van der Waals surface area contributed by atoms with Crippen LogP contribution < -0.4 is 0 Å². The molecule has 4 atom stereocenters. The summed E-state index contributed by atoms with van der Waals surface area (Å²) >= 11 is 0. The van der Waals surface area contributed by atoms with Gasteiger partial charge in [0.05, 0.1) is 18.8 Å². The first-order valence-corrected chi connectivity index (χ1v) is 11.5. The summed E-state index contributed by atoms with van der Waals surface area (Å²) in [7, 11) is 0. The molecule has 2 heteroatoms. The lowest BCUT2D eigenvalue weighted by Gasteiger charge is -2.30. The zero-order valence-corrected chi connectivity index (χ0v) is 18.6. The van der Waals surface area contributed by atoms with Crippen LogP contribution in [0.3, 0.4) is 0 Å².